The van der Waals surface area contributed by atoms with E-state index in [-0.39, 0.29) is 9.80 Å². The molecular formula is C32H49N5O13. The van der Waals surface area contributed by atoms with Gasteiger partial charge in [-0.15, -0.1) is 0 Å². The number of ether oxygens (including phenoxy) is 5. The Hall–Kier alpha value is -5.03. The molecule has 1 heterocycles. The average molecular weight is 712 g/mol. The number of carboxylic acids is 1. The van der Waals surface area contributed by atoms with Gasteiger partial charge < -0.3 is 28.8 Å². The number of hydrogen-bond donors (Lipinski definition) is 1. The molecule has 1 rings (SSSR count). The number of imide groups is 2. The number of nitrogens with zero attached hydrogens (tertiary/aromatic N) is 5. The number of amidine groups is 1. The fourth-order valence-corrected chi connectivity index (χ4v) is 3.40. The molecule has 18 heteroatoms. The molecule has 0 aromatic carbocycles. The maximum Gasteiger partial charge on any atom is 0.436 e. The lowest BCUT2D eigenvalue weighted by molar-refractivity contribution is -0.137. The van der Waals surface area contributed by atoms with E-state index in [0.717, 1.165) is 0 Å². The van der Waals surface area contributed by atoms with Crippen molar-refractivity contribution >= 4 is 48.1 Å². The lowest BCUT2D eigenvalue weighted by atomic mass is 10.2. The van der Waals surface area contributed by atoms with Gasteiger partial charge in [0, 0.05) is 6.20 Å². The standard InChI is InChI=1S/C32H49N5O13/c1-28(2,3)46-23(41)34-21(37(26(44)49-31(10,11)12)27(45)50-32(13,14)15)18-16-35(17-19(38)39)22(40)33-20(18)36(24(42)47-29(4,5)6)25(43)48-30(7,8)9/h16H,17H2,1-15H3,(H,38,39)/b34-21-. The van der Waals surface area contributed by atoms with Gasteiger partial charge in [-0.1, -0.05) is 0 Å². The van der Waals surface area contributed by atoms with Gasteiger partial charge >= 0.3 is 42.1 Å². The van der Waals surface area contributed by atoms with Crippen molar-refractivity contribution in [1.29, 1.82) is 0 Å². The fraction of sp³-hybridized carbons (Fsp3) is 0.656. The minimum absolute atomic E-state index is 0.152. The van der Waals surface area contributed by atoms with E-state index in [1.807, 2.05) is 0 Å². The quantitative estimate of drug-likeness (QED) is 0.220. The van der Waals surface area contributed by atoms with Gasteiger partial charge in [0.05, 0.1) is 5.56 Å². The number of aliphatic carboxylic acids is 1. The van der Waals surface area contributed by atoms with Crippen LogP contribution in [0.4, 0.5) is 29.8 Å². The second kappa shape index (κ2) is 15.2. The summed E-state index contributed by atoms with van der Waals surface area (Å²) in [7, 11) is 0. The van der Waals surface area contributed by atoms with Gasteiger partial charge in [0.2, 0.25) is 0 Å². The van der Waals surface area contributed by atoms with Crippen LogP contribution >= 0.6 is 0 Å². The molecule has 0 radical (unpaired) electrons. The summed E-state index contributed by atoms with van der Waals surface area (Å²) < 4.78 is 27.5. The molecule has 0 saturated heterocycles. The van der Waals surface area contributed by atoms with E-state index in [1.165, 1.54) is 104 Å². The largest absolute Gasteiger partial charge is 0.480 e. The van der Waals surface area contributed by atoms with Crippen LogP contribution in [0, 0.1) is 0 Å². The first-order chi connectivity index (χ1) is 22.2. The summed E-state index contributed by atoms with van der Waals surface area (Å²) in [5.41, 5.74) is -8.31. The molecule has 0 unspecified atom stereocenters. The SMILES string of the molecule is CC(C)(C)OC(=O)/N=C(/c1cn(CC(=O)O)c(=O)nc1N(C(=O)OC(C)(C)C)C(=O)OC(C)(C)C)N(C(=O)OC(C)(C)C)C(=O)OC(C)(C)C. The number of carbonyl (C=O) groups is 6. The normalized spacial score (nSPS) is 12.7. The highest BCUT2D eigenvalue weighted by Crippen LogP contribution is 2.27. The van der Waals surface area contributed by atoms with E-state index in [4.69, 9.17) is 23.7 Å². The highest BCUT2D eigenvalue weighted by Gasteiger charge is 2.42. The van der Waals surface area contributed by atoms with Crippen LogP contribution in [0.1, 0.15) is 109 Å². The summed E-state index contributed by atoms with van der Waals surface area (Å²) in [5.74, 6) is -3.55. The van der Waals surface area contributed by atoms with Gasteiger partial charge in [-0.2, -0.15) is 19.8 Å². The topological polar surface area (TPSA) is 223 Å². The highest BCUT2D eigenvalue weighted by molar-refractivity contribution is 6.22. The Balaban J connectivity index is 4.61. The van der Waals surface area contributed by atoms with Crippen LogP contribution in [-0.4, -0.2) is 89.8 Å². The zero-order valence-corrected chi connectivity index (χ0v) is 31.4. The van der Waals surface area contributed by atoms with Crippen molar-refractivity contribution in [2.24, 2.45) is 4.99 Å². The molecule has 0 aliphatic carbocycles. The van der Waals surface area contributed by atoms with Crippen LogP contribution in [0.15, 0.2) is 16.0 Å². The summed E-state index contributed by atoms with van der Waals surface area (Å²) in [5, 5.41) is 9.54. The van der Waals surface area contributed by atoms with Crippen molar-refractivity contribution in [1.82, 2.24) is 14.5 Å². The summed E-state index contributed by atoms with van der Waals surface area (Å²) >= 11 is 0. The maximum atomic E-state index is 13.8. The third-order valence-electron chi connectivity index (χ3n) is 4.84. The minimum Gasteiger partial charge on any atom is -0.480 e. The van der Waals surface area contributed by atoms with Crippen LogP contribution < -0.4 is 10.6 Å². The van der Waals surface area contributed by atoms with Crippen LogP contribution in [0.25, 0.3) is 0 Å². The number of rotatable bonds is 4. The number of amides is 5. The molecule has 1 aromatic rings. The lowest BCUT2D eigenvalue weighted by Gasteiger charge is -2.31. The van der Waals surface area contributed by atoms with E-state index < -0.39 is 93.9 Å². The van der Waals surface area contributed by atoms with E-state index >= 15 is 0 Å². The second-order valence-corrected chi connectivity index (χ2v) is 15.8. The summed E-state index contributed by atoms with van der Waals surface area (Å²) in [6.45, 7) is 21.1. The molecule has 0 atom stereocenters. The molecule has 0 aliphatic rings. The Morgan fingerprint density at radius 3 is 1.36 bits per heavy atom. The Morgan fingerprint density at radius 1 is 0.660 bits per heavy atom. The van der Waals surface area contributed by atoms with Crippen LogP contribution in [0.3, 0.4) is 0 Å². The van der Waals surface area contributed by atoms with E-state index in [1.54, 1.807) is 0 Å². The van der Waals surface area contributed by atoms with Crippen LogP contribution in [0.2, 0.25) is 0 Å². The van der Waals surface area contributed by atoms with Crippen molar-refractivity contribution in [2.75, 3.05) is 4.90 Å². The molecule has 5 amide bonds. The van der Waals surface area contributed by atoms with Gasteiger partial charge in [0.15, 0.2) is 11.7 Å². The molecule has 50 heavy (non-hydrogen) atoms. The molecule has 1 N–H and O–H groups in total. The van der Waals surface area contributed by atoms with Crippen LogP contribution in [-0.2, 0) is 35.0 Å². The zero-order valence-electron chi connectivity index (χ0n) is 31.4. The molecule has 0 aliphatic heterocycles. The van der Waals surface area contributed by atoms with E-state index in [2.05, 4.69) is 9.98 Å². The number of carbonyl (C=O) groups excluding carboxylic acids is 5. The number of anilines is 1. The maximum absolute atomic E-state index is 13.8. The molecule has 1 aromatic heterocycles. The van der Waals surface area contributed by atoms with Gasteiger partial charge in [-0.05, 0) is 104 Å². The molecule has 0 spiro atoms. The first-order valence-corrected chi connectivity index (χ1v) is 15.4. The van der Waals surface area contributed by atoms with Crippen molar-refractivity contribution < 1.29 is 57.6 Å². The zero-order chi connectivity index (χ0) is 39.4. The van der Waals surface area contributed by atoms with Gasteiger partial charge in [0.25, 0.3) is 0 Å². The summed E-state index contributed by atoms with van der Waals surface area (Å²) in [4.78, 5) is 101. The van der Waals surface area contributed by atoms with Crippen molar-refractivity contribution in [3.63, 3.8) is 0 Å². The third-order valence-corrected chi connectivity index (χ3v) is 4.84. The average Bonchev–Trinajstić information content (AvgIpc) is 2.79. The first kappa shape index (κ1) is 43.0. The van der Waals surface area contributed by atoms with E-state index in [9.17, 15) is 38.7 Å². The Bertz CT molecular complexity index is 1520. The number of carboxylic acid groups (broad SMARTS) is 1. The fourth-order valence-electron chi connectivity index (χ4n) is 3.40. The van der Waals surface area contributed by atoms with Gasteiger partial charge in [-0.3, -0.25) is 9.36 Å². The van der Waals surface area contributed by atoms with Crippen molar-refractivity contribution in [3.05, 3.63) is 22.2 Å². The number of hydrogen-bond acceptors (Lipinski definition) is 13. The second-order valence-electron chi connectivity index (χ2n) is 15.8. The molecule has 0 saturated carbocycles. The van der Waals surface area contributed by atoms with Gasteiger partial charge in [-0.25, -0.2) is 28.8 Å². The number of aliphatic imine (C=N–C) groups is 1. The molecule has 18 nitrogen and oxygen atoms in total. The van der Waals surface area contributed by atoms with E-state index in [0.29, 0.717) is 10.8 Å². The van der Waals surface area contributed by atoms with Crippen molar-refractivity contribution in [2.45, 2.75) is 138 Å². The first-order valence-electron chi connectivity index (χ1n) is 15.4. The molecule has 0 bridgehead atoms. The predicted octanol–water partition coefficient (Wildman–Crippen LogP) is 5.86. The Labute approximate surface area is 290 Å². The highest BCUT2D eigenvalue weighted by atomic mass is 16.6. The third kappa shape index (κ3) is 14.6. The van der Waals surface area contributed by atoms with Crippen LogP contribution in [0.5, 0.6) is 0 Å². The van der Waals surface area contributed by atoms with Crippen molar-refractivity contribution in [3.8, 4) is 0 Å². The summed E-state index contributed by atoms with van der Waals surface area (Å²) in [6, 6.07) is 0. The molecule has 280 valence electrons. The molecular weight excluding hydrogens is 662 g/mol. The smallest absolute Gasteiger partial charge is 0.436 e. The summed E-state index contributed by atoms with van der Waals surface area (Å²) in [6.07, 6.45) is -6.55. The lowest BCUT2D eigenvalue weighted by Crippen LogP contribution is -2.50. The predicted molar refractivity (Wildman–Crippen MR) is 178 cm³/mol. The minimum atomic E-state index is -1.54. The Morgan fingerprint density at radius 2 is 1.02 bits per heavy atom. The Kier molecular flexibility index (Phi) is 13.1. The molecule has 0 fully saturated rings. The van der Waals surface area contributed by atoms with Gasteiger partial charge in [0.1, 0.15) is 34.6 Å². The number of aromatic nitrogens is 2. The monoisotopic (exact) mass is 711 g/mol.